The van der Waals surface area contributed by atoms with Crippen molar-refractivity contribution < 1.29 is 4.74 Å². The standard InChI is InChI=1S/C16H20ClN3O/c1-11-7-12(17)8-14-15(3-4-18-16(11)14)19-9-13-10-20(2)5-6-21-13/h3-4,7-8,13H,5-6,9-10H2,1-2H3,(H,18,19). The molecule has 3 rings (SSSR count). The number of ether oxygens (including phenoxy) is 1. The molecule has 0 radical (unpaired) electrons. The van der Waals surface area contributed by atoms with Crippen LogP contribution < -0.4 is 5.32 Å². The van der Waals surface area contributed by atoms with Crippen LogP contribution in [0.3, 0.4) is 0 Å². The highest BCUT2D eigenvalue weighted by Gasteiger charge is 2.17. The first-order valence-corrected chi connectivity index (χ1v) is 7.60. The van der Waals surface area contributed by atoms with E-state index in [0.717, 1.165) is 53.4 Å². The number of anilines is 1. The van der Waals surface area contributed by atoms with Gasteiger partial charge in [-0.3, -0.25) is 4.98 Å². The van der Waals surface area contributed by atoms with Crippen LogP contribution in [-0.2, 0) is 4.74 Å². The van der Waals surface area contributed by atoms with E-state index in [0.29, 0.717) is 0 Å². The van der Waals surface area contributed by atoms with Crippen molar-refractivity contribution in [2.45, 2.75) is 13.0 Å². The third-order valence-corrected chi connectivity index (χ3v) is 4.08. The van der Waals surface area contributed by atoms with Crippen molar-refractivity contribution in [1.82, 2.24) is 9.88 Å². The molecule has 21 heavy (non-hydrogen) atoms. The van der Waals surface area contributed by atoms with Crippen molar-refractivity contribution in [3.05, 3.63) is 35.0 Å². The Balaban J connectivity index is 1.80. The smallest absolute Gasteiger partial charge is 0.0874 e. The second-order valence-electron chi connectivity index (χ2n) is 5.61. The van der Waals surface area contributed by atoms with Crippen molar-refractivity contribution in [1.29, 1.82) is 0 Å². The fourth-order valence-corrected chi connectivity index (χ4v) is 3.03. The monoisotopic (exact) mass is 305 g/mol. The second-order valence-corrected chi connectivity index (χ2v) is 6.05. The molecular formula is C16H20ClN3O. The number of halogens is 1. The van der Waals surface area contributed by atoms with Crippen LogP contribution in [0.1, 0.15) is 5.56 Å². The summed E-state index contributed by atoms with van der Waals surface area (Å²) in [6.07, 6.45) is 2.05. The molecule has 1 N–H and O–H groups in total. The molecule has 0 aliphatic carbocycles. The molecule has 1 saturated heterocycles. The van der Waals surface area contributed by atoms with E-state index in [1.807, 2.05) is 31.3 Å². The molecule has 4 nitrogen and oxygen atoms in total. The van der Waals surface area contributed by atoms with E-state index in [1.165, 1.54) is 0 Å². The van der Waals surface area contributed by atoms with Crippen LogP contribution >= 0.6 is 11.6 Å². The van der Waals surface area contributed by atoms with Gasteiger partial charge in [-0.15, -0.1) is 0 Å². The number of benzene rings is 1. The highest BCUT2D eigenvalue weighted by Crippen LogP contribution is 2.27. The predicted molar refractivity (Wildman–Crippen MR) is 87.2 cm³/mol. The second kappa shape index (κ2) is 6.18. The molecule has 2 heterocycles. The Kier molecular flexibility index (Phi) is 4.29. The third-order valence-electron chi connectivity index (χ3n) is 3.86. The molecule has 2 aromatic rings. The molecule has 0 spiro atoms. The van der Waals surface area contributed by atoms with Crippen LogP contribution in [0.5, 0.6) is 0 Å². The number of morpholine rings is 1. The molecule has 0 amide bonds. The normalized spacial score (nSPS) is 19.9. The van der Waals surface area contributed by atoms with Crippen molar-refractivity contribution >= 4 is 28.2 Å². The summed E-state index contributed by atoms with van der Waals surface area (Å²) in [6, 6.07) is 5.90. The zero-order valence-electron chi connectivity index (χ0n) is 12.4. The average molecular weight is 306 g/mol. The van der Waals surface area contributed by atoms with Crippen LogP contribution in [0, 0.1) is 6.92 Å². The number of hydrogen-bond acceptors (Lipinski definition) is 4. The molecular weight excluding hydrogens is 286 g/mol. The van der Waals surface area contributed by atoms with Gasteiger partial charge in [-0.2, -0.15) is 0 Å². The first-order chi connectivity index (χ1) is 10.1. The number of fused-ring (bicyclic) bond motifs is 1. The molecule has 5 heteroatoms. The summed E-state index contributed by atoms with van der Waals surface area (Å²) in [4.78, 5) is 6.74. The number of pyridine rings is 1. The van der Waals surface area contributed by atoms with E-state index in [9.17, 15) is 0 Å². The van der Waals surface area contributed by atoms with Gasteiger partial charge in [-0.05, 0) is 37.7 Å². The molecule has 0 bridgehead atoms. The summed E-state index contributed by atoms with van der Waals surface area (Å²) < 4.78 is 5.78. The van der Waals surface area contributed by atoms with Crippen LogP contribution in [0.25, 0.3) is 10.9 Å². The SMILES string of the molecule is Cc1cc(Cl)cc2c(NCC3CN(C)CCO3)ccnc12. The molecule has 1 aromatic heterocycles. The highest BCUT2D eigenvalue weighted by molar-refractivity contribution is 6.31. The molecule has 1 aliphatic heterocycles. The van der Waals surface area contributed by atoms with Gasteiger partial charge in [-0.25, -0.2) is 0 Å². The quantitative estimate of drug-likeness (QED) is 0.946. The topological polar surface area (TPSA) is 37.4 Å². The van der Waals surface area contributed by atoms with Gasteiger partial charge in [0.05, 0.1) is 18.2 Å². The summed E-state index contributed by atoms with van der Waals surface area (Å²) in [5, 5.41) is 5.28. The Morgan fingerprint density at radius 3 is 3.14 bits per heavy atom. The van der Waals surface area contributed by atoms with Crippen LogP contribution in [0.4, 0.5) is 5.69 Å². The van der Waals surface area contributed by atoms with E-state index in [2.05, 4.69) is 22.2 Å². The van der Waals surface area contributed by atoms with Crippen molar-refractivity contribution in [2.75, 3.05) is 38.6 Å². The van der Waals surface area contributed by atoms with Gasteiger partial charge in [0, 0.05) is 41.9 Å². The van der Waals surface area contributed by atoms with Gasteiger partial charge in [-0.1, -0.05) is 11.6 Å². The molecule has 1 atom stereocenters. The number of rotatable bonds is 3. The fourth-order valence-electron chi connectivity index (χ4n) is 2.76. The van der Waals surface area contributed by atoms with Crippen molar-refractivity contribution in [2.24, 2.45) is 0 Å². The summed E-state index contributed by atoms with van der Waals surface area (Å²) in [6.45, 7) is 5.57. The number of nitrogens with zero attached hydrogens (tertiary/aromatic N) is 2. The van der Waals surface area contributed by atoms with Gasteiger partial charge in [0.2, 0.25) is 0 Å². The Labute approximate surface area is 130 Å². The summed E-state index contributed by atoms with van der Waals surface area (Å²) in [5.41, 5.74) is 3.14. The van der Waals surface area contributed by atoms with E-state index in [-0.39, 0.29) is 6.10 Å². The van der Waals surface area contributed by atoms with Crippen molar-refractivity contribution in [3.8, 4) is 0 Å². The number of aryl methyl sites for hydroxylation is 1. The Hall–Kier alpha value is -1.36. The molecule has 0 saturated carbocycles. The van der Waals surface area contributed by atoms with Gasteiger partial charge < -0.3 is 15.0 Å². The minimum Gasteiger partial charge on any atom is -0.382 e. The Bertz CT molecular complexity index is 647. The van der Waals surface area contributed by atoms with Crippen LogP contribution in [-0.4, -0.2) is 49.3 Å². The lowest BCUT2D eigenvalue weighted by atomic mass is 10.1. The van der Waals surface area contributed by atoms with Crippen LogP contribution in [0.2, 0.25) is 5.02 Å². The number of likely N-dealkylation sites (N-methyl/N-ethyl adjacent to an activating group) is 1. The van der Waals surface area contributed by atoms with Crippen molar-refractivity contribution in [3.63, 3.8) is 0 Å². The lowest BCUT2D eigenvalue weighted by Crippen LogP contribution is -2.43. The lowest BCUT2D eigenvalue weighted by molar-refractivity contribution is -0.0117. The maximum atomic E-state index is 6.18. The Morgan fingerprint density at radius 2 is 2.33 bits per heavy atom. The highest BCUT2D eigenvalue weighted by atomic mass is 35.5. The maximum Gasteiger partial charge on any atom is 0.0874 e. The largest absolute Gasteiger partial charge is 0.382 e. The van der Waals surface area contributed by atoms with E-state index in [4.69, 9.17) is 16.3 Å². The van der Waals surface area contributed by atoms with Gasteiger partial charge in [0.15, 0.2) is 0 Å². The van der Waals surface area contributed by atoms with E-state index >= 15 is 0 Å². The van der Waals surface area contributed by atoms with Gasteiger partial charge >= 0.3 is 0 Å². The molecule has 1 aromatic carbocycles. The molecule has 1 unspecified atom stereocenters. The van der Waals surface area contributed by atoms with E-state index in [1.54, 1.807) is 0 Å². The summed E-state index contributed by atoms with van der Waals surface area (Å²) >= 11 is 6.18. The van der Waals surface area contributed by atoms with Gasteiger partial charge in [0.25, 0.3) is 0 Å². The van der Waals surface area contributed by atoms with Gasteiger partial charge in [0.1, 0.15) is 0 Å². The number of aromatic nitrogens is 1. The average Bonchev–Trinajstić information content (AvgIpc) is 2.45. The Morgan fingerprint density at radius 1 is 1.48 bits per heavy atom. The molecule has 1 fully saturated rings. The third kappa shape index (κ3) is 3.28. The number of nitrogens with one attached hydrogen (secondary N) is 1. The lowest BCUT2D eigenvalue weighted by Gasteiger charge is -2.30. The number of hydrogen-bond donors (Lipinski definition) is 1. The molecule has 112 valence electrons. The predicted octanol–water partition coefficient (Wildman–Crippen LogP) is 2.94. The molecule has 1 aliphatic rings. The minimum atomic E-state index is 0.215. The minimum absolute atomic E-state index is 0.215. The first-order valence-electron chi connectivity index (χ1n) is 7.22. The zero-order valence-corrected chi connectivity index (χ0v) is 13.2. The fraction of sp³-hybridized carbons (Fsp3) is 0.438. The van der Waals surface area contributed by atoms with Crippen LogP contribution in [0.15, 0.2) is 24.4 Å². The maximum absolute atomic E-state index is 6.18. The first kappa shape index (κ1) is 14.6. The summed E-state index contributed by atoms with van der Waals surface area (Å²) in [5.74, 6) is 0. The zero-order chi connectivity index (χ0) is 14.8. The van der Waals surface area contributed by atoms with E-state index < -0.39 is 0 Å². The summed E-state index contributed by atoms with van der Waals surface area (Å²) in [7, 11) is 2.13.